The number of hydrogen-bond donors (Lipinski definition) is 0. The van der Waals surface area contributed by atoms with Gasteiger partial charge in [0.1, 0.15) is 0 Å². The number of alkyl halides is 3. The molecule has 18 heavy (non-hydrogen) atoms. The Morgan fingerprint density at radius 2 is 1.56 bits per heavy atom. The van der Waals surface area contributed by atoms with E-state index in [1.165, 1.54) is 0 Å². The van der Waals surface area contributed by atoms with Crippen LogP contribution in [-0.4, -0.2) is 43.8 Å². The fourth-order valence-corrected chi connectivity index (χ4v) is 2.15. The van der Waals surface area contributed by atoms with E-state index in [1.54, 1.807) is 0 Å². The molecule has 0 unspecified atom stereocenters. The normalized spacial score (nSPS) is 18.1. The number of halogens is 3. The van der Waals surface area contributed by atoms with Crippen LogP contribution in [0.1, 0.15) is 6.42 Å². The van der Waals surface area contributed by atoms with Gasteiger partial charge in [-0.3, -0.25) is 4.90 Å². The lowest BCUT2D eigenvalue weighted by atomic mass is 10.2. The van der Waals surface area contributed by atoms with Gasteiger partial charge in [-0.15, -0.1) is 0 Å². The standard InChI is InChI=1S/C13H17F3N2/c14-13(15,16)6-7-17-8-10-18(11-9-17)12-4-2-1-3-5-12/h1-5H,6-11H2. The quantitative estimate of drug-likeness (QED) is 0.822. The number of para-hydroxylation sites is 1. The number of anilines is 1. The topological polar surface area (TPSA) is 6.48 Å². The van der Waals surface area contributed by atoms with Gasteiger partial charge in [0, 0.05) is 38.4 Å². The van der Waals surface area contributed by atoms with Gasteiger partial charge in [-0.05, 0) is 12.1 Å². The molecule has 1 aromatic carbocycles. The van der Waals surface area contributed by atoms with Gasteiger partial charge in [0.2, 0.25) is 0 Å². The molecule has 0 aliphatic carbocycles. The van der Waals surface area contributed by atoms with Crippen molar-refractivity contribution in [1.82, 2.24) is 4.90 Å². The third-order valence-corrected chi connectivity index (χ3v) is 3.21. The van der Waals surface area contributed by atoms with Gasteiger partial charge in [0.05, 0.1) is 6.42 Å². The molecule has 0 saturated carbocycles. The lowest BCUT2D eigenvalue weighted by Gasteiger charge is -2.36. The molecule has 2 rings (SSSR count). The minimum absolute atomic E-state index is 0.117. The molecule has 100 valence electrons. The van der Waals surface area contributed by atoms with Crippen molar-refractivity contribution in [1.29, 1.82) is 0 Å². The van der Waals surface area contributed by atoms with Gasteiger partial charge in [0.15, 0.2) is 0 Å². The first-order valence-corrected chi connectivity index (χ1v) is 6.14. The molecule has 1 fully saturated rings. The summed E-state index contributed by atoms with van der Waals surface area (Å²) in [5.74, 6) is 0. The van der Waals surface area contributed by atoms with Crippen LogP contribution >= 0.6 is 0 Å². The maximum Gasteiger partial charge on any atom is 0.390 e. The summed E-state index contributed by atoms with van der Waals surface area (Å²) >= 11 is 0. The van der Waals surface area contributed by atoms with Gasteiger partial charge < -0.3 is 4.90 Å². The molecule has 1 saturated heterocycles. The third kappa shape index (κ3) is 3.91. The van der Waals surface area contributed by atoms with Crippen LogP contribution in [0.5, 0.6) is 0 Å². The minimum Gasteiger partial charge on any atom is -0.369 e. The van der Waals surface area contributed by atoms with Gasteiger partial charge in [-0.2, -0.15) is 13.2 Å². The van der Waals surface area contributed by atoms with Gasteiger partial charge in [-0.25, -0.2) is 0 Å². The summed E-state index contributed by atoms with van der Waals surface area (Å²) in [4.78, 5) is 4.09. The fourth-order valence-electron chi connectivity index (χ4n) is 2.15. The predicted molar refractivity (Wildman–Crippen MR) is 65.8 cm³/mol. The second-order valence-corrected chi connectivity index (χ2v) is 4.53. The second-order valence-electron chi connectivity index (χ2n) is 4.53. The summed E-state index contributed by atoms with van der Waals surface area (Å²) < 4.78 is 36.3. The zero-order chi connectivity index (χ0) is 13.0. The largest absolute Gasteiger partial charge is 0.390 e. The summed E-state index contributed by atoms with van der Waals surface area (Å²) in [6.45, 7) is 3.10. The Bertz CT molecular complexity index is 356. The fraction of sp³-hybridized carbons (Fsp3) is 0.538. The van der Waals surface area contributed by atoms with Crippen molar-refractivity contribution in [2.24, 2.45) is 0 Å². The molecular formula is C13H17F3N2. The van der Waals surface area contributed by atoms with Crippen molar-refractivity contribution >= 4 is 5.69 Å². The van der Waals surface area contributed by atoms with Crippen LogP contribution in [-0.2, 0) is 0 Å². The summed E-state index contributed by atoms with van der Waals surface area (Å²) in [7, 11) is 0. The molecule has 1 aliphatic heterocycles. The van der Waals surface area contributed by atoms with E-state index in [4.69, 9.17) is 0 Å². The zero-order valence-corrected chi connectivity index (χ0v) is 10.2. The Morgan fingerprint density at radius 3 is 2.11 bits per heavy atom. The van der Waals surface area contributed by atoms with Crippen molar-refractivity contribution in [3.63, 3.8) is 0 Å². The highest BCUT2D eigenvalue weighted by atomic mass is 19.4. The summed E-state index contributed by atoms with van der Waals surface area (Å²) in [5, 5.41) is 0. The molecule has 5 heteroatoms. The Balaban J connectivity index is 1.78. The maximum atomic E-state index is 12.1. The zero-order valence-electron chi connectivity index (χ0n) is 10.2. The van der Waals surface area contributed by atoms with E-state index in [0.717, 1.165) is 18.8 Å². The van der Waals surface area contributed by atoms with Crippen LogP contribution in [0.25, 0.3) is 0 Å². The van der Waals surface area contributed by atoms with E-state index in [1.807, 2.05) is 35.2 Å². The Morgan fingerprint density at radius 1 is 0.944 bits per heavy atom. The van der Waals surface area contributed by atoms with Crippen molar-refractivity contribution in [3.05, 3.63) is 30.3 Å². The lowest BCUT2D eigenvalue weighted by molar-refractivity contribution is -0.138. The molecule has 0 atom stereocenters. The molecule has 0 bridgehead atoms. The van der Waals surface area contributed by atoms with Gasteiger partial charge in [0.25, 0.3) is 0 Å². The molecule has 0 aromatic heterocycles. The Hall–Kier alpha value is -1.23. The van der Waals surface area contributed by atoms with Crippen LogP contribution in [0.2, 0.25) is 0 Å². The molecule has 2 nitrogen and oxygen atoms in total. The summed E-state index contributed by atoms with van der Waals surface area (Å²) in [6, 6.07) is 9.98. The van der Waals surface area contributed by atoms with Crippen molar-refractivity contribution < 1.29 is 13.2 Å². The van der Waals surface area contributed by atoms with Gasteiger partial charge >= 0.3 is 6.18 Å². The van der Waals surface area contributed by atoms with Gasteiger partial charge in [-0.1, -0.05) is 18.2 Å². The minimum atomic E-state index is -4.05. The average molecular weight is 258 g/mol. The van der Waals surface area contributed by atoms with Crippen LogP contribution in [0.15, 0.2) is 30.3 Å². The molecule has 0 amide bonds. The van der Waals surface area contributed by atoms with E-state index in [0.29, 0.717) is 13.1 Å². The first-order valence-electron chi connectivity index (χ1n) is 6.14. The molecule has 1 aromatic rings. The molecular weight excluding hydrogens is 241 g/mol. The lowest BCUT2D eigenvalue weighted by Crippen LogP contribution is -2.47. The first-order chi connectivity index (χ1) is 8.54. The highest BCUT2D eigenvalue weighted by Gasteiger charge is 2.28. The molecule has 0 N–H and O–H groups in total. The highest BCUT2D eigenvalue weighted by molar-refractivity contribution is 5.46. The molecule has 0 radical (unpaired) electrons. The second kappa shape index (κ2) is 5.61. The van der Waals surface area contributed by atoms with E-state index in [2.05, 4.69) is 4.90 Å². The molecule has 0 spiro atoms. The number of piperazine rings is 1. The van der Waals surface area contributed by atoms with Crippen LogP contribution in [0.3, 0.4) is 0 Å². The first kappa shape index (κ1) is 13.2. The average Bonchev–Trinajstić information content (AvgIpc) is 2.37. The maximum absolute atomic E-state index is 12.1. The van der Waals surface area contributed by atoms with Crippen molar-refractivity contribution in [2.75, 3.05) is 37.6 Å². The number of nitrogens with zero attached hydrogens (tertiary/aromatic N) is 2. The molecule has 1 aliphatic rings. The van der Waals surface area contributed by atoms with E-state index in [-0.39, 0.29) is 6.54 Å². The predicted octanol–water partition coefficient (Wildman–Crippen LogP) is 2.76. The van der Waals surface area contributed by atoms with E-state index in [9.17, 15) is 13.2 Å². The SMILES string of the molecule is FC(F)(F)CCN1CCN(c2ccccc2)CC1. The highest BCUT2D eigenvalue weighted by Crippen LogP contribution is 2.21. The van der Waals surface area contributed by atoms with Crippen molar-refractivity contribution in [3.8, 4) is 0 Å². The number of rotatable bonds is 3. The van der Waals surface area contributed by atoms with Crippen LogP contribution < -0.4 is 4.90 Å². The number of hydrogen-bond acceptors (Lipinski definition) is 2. The van der Waals surface area contributed by atoms with E-state index >= 15 is 0 Å². The Labute approximate surface area is 105 Å². The molecule has 1 heterocycles. The Kier molecular flexibility index (Phi) is 4.11. The van der Waals surface area contributed by atoms with Crippen LogP contribution in [0, 0.1) is 0 Å². The van der Waals surface area contributed by atoms with Crippen LogP contribution in [0.4, 0.5) is 18.9 Å². The number of benzene rings is 1. The van der Waals surface area contributed by atoms with Crippen molar-refractivity contribution in [2.45, 2.75) is 12.6 Å². The third-order valence-electron chi connectivity index (χ3n) is 3.21. The monoisotopic (exact) mass is 258 g/mol. The summed E-state index contributed by atoms with van der Waals surface area (Å²) in [5.41, 5.74) is 1.15. The van der Waals surface area contributed by atoms with E-state index < -0.39 is 12.6 Å². The smallest absolute Gasteiger partial charge is 0.369 e. The summed E-state index contributed by atoms with van der Waals surface area (Å²) in [6.07, 6.45) is -4.76.